The van der Waals surface area contributed by atoms with Gasteiger partial charge in [0.15, 0.2) is 5.12 Å². The second-order valence-corrected chi connectivity index (χ2v) is 4.78. The van der Waals surface area contributed by atoms with Crippen molar-refractivity contribution in [2.24, 2.45) is 0 Å². The molecule has 0 heterocycles. The first-order valence-corrected chi connectivity index (χ1v) is 6.32. The van der Waals surface area contributed by atoms with Crippen LogP contribution >= 0.6 is 11.8 Å². The van der Waals surface area contributed by atoms with Crippen LogP contribution in [-0.2, 0) is 11.4 Å². The number of carbonyl (C=O) groups is 1. The lowest BCUT2D eigenvalue weighted by Crippen LogP contribution is -1.92. The van der Waals surface area contributed by atoms with Crippen LogP contribution in [0.1, 0.15) is 24.5 Å². The molecule has 2 nitrogen and oxygen atoms in total. The molecule has 0 saturated carbocycles. The van der Waals surface area contributed by atoms with Crippen molar-refractivity contribution in [2.45, 2.75) is 20.0 Å². The first-order chi connectivity index (χ1) is 8.15. The van der Waals surface area contributed by atoms with Gasteiger partial charge >= 0.3 is 0 Å². The number of thioether (sulfide) groups is 1. The molecule has 92 valence electrons. The lowest BCUT2D eigenvalue weighted by atomic mass is 10.1. The predicted molar refractivity (Wildman–Crippen MR) is 69.1 cm³/mol. The summed E-state index contributed by atoms with van der Waals surface area (Å²) in [7, 11) is 0. The highest BCUT2D eigenvalue weighted by atomic mass is 32.2. The van der Waals surface area contributed by atoms with Crippen LogP contribution in [0.3, 0.4) is 0 Å². The molecule has 17 heavy (non-hydrogen) atoms. The van der Waals surface area contributed by atoms with Crippen molar-refractivity contribution in [1.82, 2.24) is 0 Å². The van der Waals surface area contributed by atoms with Gasteiger partial charge < -0.3 is 5.11 Å². The van der Waals surface area contributed by atoms with Crippen LogP contribution in [0.15, 0.2) is 24.3 Å². The summed E-state index contributed by atoms with van der Waals surface area (Å²) in [6.45, 7) is 1.23. The van der Waals surface area contributed by atoms with Crippen LogP contribution in [0.2, 0.25) is 0 Å². The zero-order valence-corrected chi connectivity index (χ0v) is 10.5. The zero-order valence-electron chi connectivity index (χ0n) is 9.65. The molecule has 0 saturated heterocycles. The van der Waals surface area contributed by atoms with Crippen LogP contribution in [0, 0.1) is 5.82 Å². The molecular weight excluding hydrogens is 239 g/mol. The smallest absolute Gasteiger partial charge is 0.185 e. The van der Waals surface area contributed by atoms with E-state index in [1.807, 2.05) is 6.08 Å². The Morgan fingerprint density at radius 3 is 2.94 bits per heavy atom. The van der Waals surface area contributed by atoms with E-state index in [2.05, 4.69) is 0 Å². The van der Waals surface area contributed by atoms with E-state index in [0.29, 0.717) is 23.3 Å². The van der Waals surface area contributed by atoms with Gasteiger partial charge in [-0.2, -0.15) is 0 Å². The molecule has 4 heteroatoms. The highest BCUT2D eigenvalue weighted by molar-refractivity contribution is 8.13. The lowest BCUT2D eigenvalue weighted by molar-refractivity contribution is -0.109. The van der Waals surface area contributed by atoms with Gasteiger partial charge in [-0.15, -0.1) is 0 Å². The van der Waals surface area contributed by atoms with E-state index in [1.165, 1.54) is 18.7 Å². The molecule has 1 aromatic rings. The van der Waals surface area contributed by atoms with Crippen molar-refractivity contribution < 1.29 is 14.3 Å². The second kappa shape index (κ2) is 7.25. The van der Waals surface area contributed by atoms with Gasteiger partial charge in [-0.1, -0.05) is 42.1 Å². The van der Waals surface area contributed by atoms with E-state index in [1.54, 1.807) is 24.3 Å². The summed E-state index contributed by atoms with van der Waals surface area (Å²) in [6.07, 6.45) is 4.22. The molecule has 0 aliphatic rings. The van der Waals surface area contributed by atoms with Crippen molar-refractivity contribution in [3.63, 3.8) is 0 Å². The summed E-state index contributed by atoms with van der Waals surface area (Å²) in [5.41, 5.74) is 0.759. The van der Waals surface area contributed by atoms with Gasteiger partial charge in [0, 0.05) is 23.8 Å². The molecule has 0 bridgehead atoms. The molecular formula is C13H15FO2S. The summed E-state index contributed by atoms with van der Waals surface area (Å²) in [4.78, 5) is 10.7. The van der Waals surface area contributed by atoms with Gasteiger partial charge in [0.2, 0.25) is 0 Å². The molecule has 0 aliphatic heterocycles. The molecule has 0 aromatic heterocycles. The van der Waals surface area contributed by atoms with Gasteiger partial charge in [0.1, 0.15) is 5.82 Å². The van der Waals surface area contributed by atoms with E-state index in [-0.39, 0.29) is 17.5 Å². The largest absolute Gasteiger partial charge is 0.392 e. The summed E-state index contributed by atoms with van der Waals surface area (Å²) < 4.78 is 13.6. The van der Waals surface area contributed by atoms with Crippen molar-refractivity contribution in [3.05, 3.63) is 41.2 Å². The van der Waals surface area contributed by atoms with Crippen molar-refractivity contribution >= 4 is 23.0 Å². The van der Waals surface area contributed by atoms with Gasteiger partial charge in [-0.3, -0.25) is 4.79 Å². The number of hydrogen-bond acceptors (Lipinski definition) is 3. The number of aliphatic hydroxyl groups is 1. The van der Waals surface area contributed by atoms with Gasteiger partial charge in [-0.25, -0.2) is 4.39 Å². The fraction of sp³-hybridized carbons (Fsp3) is 0.308. The molecule has 0 spiro atoms. The minimum absolute atomic E-state index is 0.0897. The number of rotatable bonds is 5. The third-order valence-corrected chi connectivity index (χ3v) is 3.01. The maximum Gasteiger partial charge on any atom is 0.185 e. The van der Waals surface area contributed by atoms with E-state index >= 15 is 0 Å². The number of allylic oxidation sites excluding steroid dienone is 1. The maximum absolute atomic E-state index is 13.6. The number of hydrogen-bond donors (Lipinski definition) is 1. The number of benzene rings is 1. The normalized spacial score (nSPS) is 11.0. The van der Waals surface area contributed by atoms with Crippen molar-refractivity contribution in [3.8, 4) is 0 Å². The van der Waals surface area contributed by atoms with Gasteiger partial charge in [0.05, 0.1) is 6.61 Å². The van der Waals surface area contributed by atoms with E-state index in [9.17, 15) is 9.18 Å². The first kappa shape index (κ1) is 13.9. The standard InChI is InChI=1S/C13H15FO2S/c1-10(16)17-8-3-2-5-11-6-4-7-12(9-15)13(11)14/h2,4-7,15H,3,8-9H2,1H3. The summed E-state index contributed by atoms with van der Waals surface area (Å²) in [6, 6.07) is 4.92. The molecule has 1 N–H and O–H groups in total. The molecule has 0 fully saturated rings. The molecule has 1 aromatic carbocycles. The second-order valence-electron chi connectivity index (χ2n) is 3.51. The molecule has 0 aliphatic carbocycles. The third-order valence-electron chi connectivity index (χ3n) is 2.17. The Morgan fingerprint density at radius 1 is 1.53 bits per heavy atom. The summed E-state index contributed by atoms with van der Waals surface area (Å²) >= 11 is 1.25. The molecule has 1 rings (SSSR count). The minimum Gasteiger partial charge on any atom is -0.392 e. The zero-order chi connectivity index (χ0) is 12.7. The summed E-state index contributed by atoms with van der Waals surface area (Å²) in [5.74, 6) is 0.318. The number of halogens is 1. The molecule has 0 radical (unpaired) electrons. The highest BCUT2D eigenvalue weighted by Crippen LogP contribution is 2.15. The van der Waals surface area contributed by atoms with Crippen LogP contribution in [0.5, 0.6) is 0 Å². The fourth-order valence-electron chi connectivity index (χ4n) is 1.33. The highest BCUT2D eigenvalue weighted by Gasteiger charge is 2.03. The minimum atomic E-state index is -0.384. The van der Waals surface area contributed by atoms with Crippen molar-refractivity contribution in [1.29, 1.82) is 0 Å². The van der Waals surface area contributed by atoms with E-state index in [0.717, 1.165) is 0 Å². The first-order valence-electron chi connectivity index (χ1n) is 5.33. The maximum atomic E-state index is 13.6. The number of aliphatic hydroxyl groups excluding tert-OH is 1. The van der Waals surface area contributed by atoms with Gasteiger partial charge in [0.25, 0.3) is 0 Å². The van der Waals surface area contributed by atoms with Crippen LogP contribution < -0.4 is 0 Å². The van der Waals surface area contributed by atoms with Crippen molar-refractivity contribution in [2.75, 3.05) is 5.75 Å². The van der Waals surface area contributed by atoms with Crippen LogP contribution in [-0.4, -0.2) is 16.0 Å². The molecule has 0 atom stereocenters. The van der Waals surface area contributed by atoms with E-state index in [4.69, 9.17) is 5.11 Å². The van der Waals surface area contributed by atoms with Crippen LogP contribution in [0.4, 0.5) is 4.39 Å². The average Bonchev–Trinajstić information content (AvgIpc) is 2.30. The molecule has 0 unspecified atom stereocenters. The fourth-order valence-corrected chi connectivity index (χ4v) is 1.87. The Bertz CT molecular complexity index is 416. The Hall–Kier alpha value is -1.13. The van der Waals surface area contributed by atoms with E-state index < -0.39 is 0 Å². The Kier molecular flexibility index (Phi) is 5.94. The third kappa shape index (κ3) is 4.71. The Balaban J connectivity index is 2.56. The monoisotopic (exact) mass is 254 g/mol. The number of carbonyl (C=O) groups excluding carboxylic acids is 1. The average molecular weight is 254 g/mol. The van der Waals surface area contributed by atoms with Crippen LogP contribution in [0.25, 0.3) is 6.08 Å². The Morgan fingerprint density at radius 2 is 2.29 bits per heavy atom. The topological polar surface area (TPSA) is 37.3 Å². The predicted octanol–water partition coefficient (Wildman–Crippen LogP) is 3.00. The Labute approximate surface area is 105 Å². The quantitative estimate of drug-likeness (QED) is 0.821. The van der Waals surface area contributed by atoms with Gasteiger partial charge in [-0.05, 0) is 6.42 Å². The molecule has 0 amide bonds. The SMILES string of the molecule is CC(=O)SCCC=Cc1cccc(CO)c1F. The summed E-state index contributed by atoms with van der Waals surface area (Å²) in [5, 5.41) is 9.00. The lowest BCUT2D eigenvalue weighted by Gasteiger charge is -2.02.